The van der Waals surface area contributed by atoms with Gasteiger partial charge < -0.3 is 15.0 Å². The van der Waals surface area contributed by atoms with Crippen LogP contribution in [0.4, 0.5) is 14.5 Å². The minimum Gasteiger partial charge on any atom is -0.454 e. The maximum atomic E-state index is 13.8. The lowest BCUT2D eigenvalue weighted by molar-refractivity contribution is -0.152. The molecule has 0 saturated carbocycles. The number of halogens is 3. The van der Waals surface area contributed by atoms with Crippen molar-refractivity contribution in [3.63, 3.8) is 0 Å². The van der Waals surface area contributed by atoms with Gasteiger partial charge in [0.2, 0.25) is 0 Å². The number of amides is 2. The molecule has 0 unspecified atom stereocenters. The van der Waals surface area contributed by atoms with Gasteiger partial charge in [-0.3, -0.25) is 9.59 Å². The van der Waals surface area contributed by atoms with E-state index >= 15 is 0 Å². The molecule has 0 aromatic heterocycles. The van der Waals surface area contributed by atoms with E-state index in [1.54, 1.807) is 24.3 Å². The third-order valence-electron chi connectivity index (χ3n) is 5.44. The second-order valence-electron chi connectivity index (χ2n) is 7.68. The Bertz CT molecular complexity index is 1270. The first-order valence-corrected chi connectivity index (χ1v) is 10.7. The first-order chi connectivity index (χ1) is 16.3. The van der Waals surface area contributed by atoms with Crippen molar-refractivity contribution >= 4 is 35.1 Å². The quantitative estimate of drug-likeness (QED) is 0.546. The van der Waals surface area contributed by atoms with Gasteiger partial charge in [-0.15, -0.1) is 0 Å². The number of carbonyl (C=O) groups is 3. The normalized spacial score (nSPS) is 14.8. The SMILES string of the molecule is O=C(COC(=O)[C@@H]1Cc2ccccc2CN1C(=O)c1ccccc1Cl)Nc1ccc(F)cc1F. The highest BCUT2D eigenvalue weighted by atomic mass is 35.5. The van der Waals surface area contributed by atoms with E-state index in [9.17, 15) is 23.2 Å². The summed E-state index contributed by atoms with van der Waals surface area (Å²) in [7, 11) is 0. The summed E-state index contributed by atoms with van der Waals surface area (Å²) in [5.74, 6) is -3.79. The Labute approximate surface area is 199 Å². The number of fused-ring (bicyclic) bond motifs is 1. The smallest absolute Gasteiger partial charge is 0.329 e. The number of benzene rings is 3. The number of carbonyl (C=O) groups excluding carboxylic acids is 3. The molecule has 1 atom stereocenters. The number of anilines is 1. The Morgan fingerprint density at radius 1 is 1.00 bits per heavy atom. The van der Waals surface area contributed by atoms with Crippen LogP contribution in [0.1, 0.15) is 21.5 Å². The molecule has 4 rings (SSSR count). The van der Waals surface area contributed by atoms with E-state index in [1.807, 2.05) is 24.3 Å². The lowest BCUT2D eigenvalue weighted by Crippen LogP contribution is -2.49. The highest BCUT2D eigenvalue weighted by molar-refractivity contribution is 6.33. The number of rotatable bonds is 5. The van der Waals surface area contributed by atoms with Gasteiger partial charge in [0, 0.05) is 19.0 Å². The number of hydrogen-bond acceptors (Lipinski definition) is 4. The zero-order valence-electron chi connectivity index (χ0n) is 17.8. The van der Waals surface area contributed by atoms with Gasteiger partial charge in [-0.2, -0.15) is 0 Å². The van der Waals surface area contributed by atoms with Crippen LogP contribution < -0.4 is 5.32 Å². The zero-order valence-corrected chi connectivity index (χ0v) is 18.5. The first-order valence-electron chi connectivity index (χ1n) is 10.4. The van der Waals surface area contributed by atoms with Gasteiger partial charge >= 0.3 is 5.97 Å². The first kappa shape index (κ1) is 23.4. The van der Waals surface area contributed by atoms with Gasteiger partial charge in [-0.25, -0.2) is 13.6 Å². The van der Waals surface area contributed by atoms with E-state index in [1.165, 1.54) is 4.90 Å². The zero-order chi connectivity index (χ0) is 24.2. The fraction of sp³-hybridized carbons (Fsp3) is 0.160. The molecule has 34 heavy (non-hydrogen) atoms. The Hall–Kier alpha value is -3.78. The molecule has 0 aliphatic carbocycles. The van der Waals surface area contributed by atoms with E-state index in [-0.39, 0.29) is 29.2 Å². The average Bonchev–Trinajstić information content (AvgIpc) is 2.83. The second-order valence-corrected chi connectivity index (χ2v) is 8.09. The van der Waals surface area contributed by atoms with Gasteiger partial charge in [0.15, 0.2) is 6.61 Å². The summed E-state index contributed by atoms with van der Waals surface area (Å²) in [4.78, 5) is 39.8. The van der Waals surface area contributed by atoms with E-state index in [0.717, 1.165) is 23.3 Å². The van der Waals surface area contributed by atoms with E-state index in [4.69, 9.17) is 16.3 Å². The van der Waals surface area contributed by atoms with Crippen LogP contribution in [0.25, 0.3) is 0 Å². The third-order valence-corrected chi connectivity index (χ3v) is 5.77. The molecular formula is C25H19ClF2N2O4. The largest absolute Gasteiger partial charge is 0.454 e. The average molecular weight is 485 g/mol. The molecule has 1 aliphatic heterocycles. The second kappa shape index (κ2) is 10.0. The van der Waals surface area contributed by atoms with Crippen molar-refractivity contribution in [2.24, 2.45) is 0 Å². The molecule has 9 heteroatoms. The Morgan fingerprint density at radius 2 is 1.71 bits per heavy atom. The van der Waals surface area contributed by atoms with Crippen LogP contribution in [0.15, 0.2) is 66.7 Å². The molecule has 6 nitrogen and oxygen atoms in total. The minimum atomic E-state index is -0.992. The summed E-state index contributed by atoms with van der Waals surface area (Å²) < 4.78 is 32.0. The number of esters is 1. The topological polar surface area (TPSA) is 75.7 Å². The van der Waals surface area contributed by atoms with Gasteiger partial charge in [-0.05, 0) is 35.4 Å². The van der Waals surface area contributed by atoms with E-state index < -0.39 is 42.1 Å². The lowest BCUT2D eigenvalue weighted by atomic mass is 9.93. The van der Waals surface area contributed by atoms with Crippen LogP contribution in [-0.4, -0.2) is 35.3 Å². The number of nitrogens with one attached hydrogen (secondary N) is 1. The summed E-state index contributed by atoms with van der Waals surface area (Å²) in [5.41, 5.74) is 1.76. The van der Waals surface area contributed by atoms with Crippen molar-refractivity contribution < 1.29 is 27.9 Å². The van der Waals surface area contributed by atoms with Crippen LogP contribution in [0, 0.1) is 11.6 Å². The van der Waals surface area contributed by atoms with E-state index in [2.05, 4.69) is 5.32 Å². The van der Waals surface area contributed by atoms with Crippen LogP contribution in [-0.2, 0) is 27.3 Å². The summed E-state index contributed by atoms with van der Waals surface area (Å²) in [6.07, 6.45) is 0.194. The molecule has 1 heterocycles. The summed E-state index contributed by atoms with van der Waals surface area (Å²) in [6.45, 7) is -0.547. The van der Waals surface area contributed by atoms with Crippen LogP contribution >= 0.6 is 11.6 Å². The predicted octanol–water partition coefficient (Wildman–Crippen LogP) is 4.37. The summed E-state index contributed by atoms with van der Waals surface area (Å²) in [5, 5.41) is 2.47. The van der Waals surface area contributed by atoms with Gasteiger partial charge in [0.1, 0.15) is 17.7 Å². The standard InChI is InChI=1S/C25H19ClF2N2O4/c26-19-8-4-3-7-18(19)24(32)30-13-16-6-2-1-5-15(16)11-22(30)25(33)34-14-23(31)29-21-10-9-17(27)12-20(21)28/h1-10,12,22H,11,13-14H2,(H,29,31)/t22-/m0/s1. The number of ether oxygens (including phenoxy) is 1. The van der Waals surface area contributed by atoms with Gasteiger partial charge in [-0.1, -0.05) is 48.0 Å². The van der Waals surface area contributed by atoms with Crippen molar-refractivity contribution in [2.75, 3.05) is 11.9 Å². The molecule has 2 amide bonds. The molecular weight excluding hydrogens is 466 g/mol. The molecule has 1 aliphatic rings. The van der Waals surface area contributed by atoms with Crippen molar-refractivity contribution in [2.45, 2.75) is 19.0 Å². The molecule has 0 spiro atoms. The van der Waals surface area contributed by atoms with Crippen LogP contribution in [0.2, 0.25) is 5.02 Å². The third kappa shape index (κ3) is 5.07. The molecule has 174 valence electrons. The van der Waals surface area contributed by atoms with Crippen LogP contribution in [0.3, 0.4) is 0 Å². The van der Waals surface area contributed by atoms with Crippen LogP contribution in [0.5, 0.6) is 0 Å². The Morgan fingerprint density at radius 3 is 2.44 bits per heavy atom. The number of nitrogens with zero attached hydrogens (tertiary/aromatic N) is 1. The van der Waals surface area contributed by atoms with Crippen molar-refractivity contribution in [1.82, 2.24) is 4.90 Å². The maximum Gasteiger partial charge on any atom is 0.329 e. The minimum absolute atomic E-state index is 0.160. The van der Waals surface area contributed by atoms with Gasteiger partial charge in [0.05, 0.1) is 16.3 Å². The molecule has 0 radical (unpaired) electrons. The predicted molar refractivity (Wildman–Crippen MR) is 121 cm³/mol. The molecule has 3 aromatic rings. The molecule has 0 fully saturated rings. The van der Waals surface area contributed by atoms with Crippen molar-refractivity contribution in [3.05, 3.63) is 100 Å². The monoisotopic (exact) mass is 484 g/mol. The number of hydrogen-bond donors (Lipinski definition) is 1. The molecule has 1 N–H and O–H groups in total. The van der Waals surface area contributed by atoms with Crippen molar-refractivity contribution in [1.29, 1.82) is 0 Å². The molecule has 0 saturated heterocycles. The highest BCUT2D eigenvalue weighted by Crippen LogP contribution is 2.27. The molecule has 3 aromatic carbocycles. The van der Waals surface area contributed by atoms with Crippen molar-refractivity contribution in [3.8, 4) is 0 Å². The lowest BCUT2D eigenvalue weighted by Gasteiger charge is -2.35. The maximum absolute atomic E-state index is 13.8. The fourth-order valence-electron chi connectivity index (χ4n) is 3.75. The summed E-state index contributed by atoms with van der Waals surface area (Å²) in [6, 6.07) is 15.6. The fourth-order valence-corrected chi connectivity index (χ4v) is 3.96. The highest BCUT2D eigenvalue weighted by Gasteiger charge is 2.36. The Kier molecular flexibility index (Phi) is 6.88. The van der Waals surface area contributed by atoms with Gasteiger partial charge in [0.25, 0.3) is 11.8 Å². The molecule has 0 bridgehead atoms. The Balaban J connectivity index is 1.50. The summed E-state index contributed by atoms with van der Waals surface area (Å²) >= 11 is 6.20. The van der Waals surface area contributed by atoms with E-state index in [0.29, 0.717) is 6.07 Å².